The Hall–Kier alpha value is -2.56. The van der Waals surface area contributed by atoms with Crippen LogP contribution in [-0.2, 0) is 0 Å². The van der Waals surface area contributed by atoms with Crippen molar-refractivity contribution in [1.82, 2.24) is 9.55 Å². The molecular formula is C20H24N2O3. The fourth-order valence-electron chi connectivity index (χ4n) is 3.33. The van der Waals surface area contributed by atoms with Crippen LogP contribution in [0.1, 0.15) is 61.6 Å². The van der Waals surface area contributed by atoms with Gasteiger partial charge in [0.1, 0.15) is 18.1 Å². The van der Waals surface area contributed by atoms with E-state index < -0.39 is 0 Å². The summed E-state index contributed by atoms with van der Waals surface area (Å²) in [4.78, 5) is 15.5. The highest BCUT2D eigenvalue weighted by Gasteiger charge is 2.19. The topological polar surface area (TPSA) is 64.3 Å². The van der Waals surface area contributed by atoms with Crippen LogP contribution in [0.3, 0.4) is 0 Å². The lowest BCUT2D eigenvalue weighted by atomic mass is 9.90. The van der Waals surface area contributed by atoms with E-state index in [1.165, 1.54) is 17.2 Å². The largest absolute Gasteiger partial charge is 0.507 e. The highest BCUT2D eigenvalue weighted by Crippen LogP contribution is 2.34. The molecule has 132 valence electrons. The van der Waals surface area contributed by atoms with E-state index in [4.69, 9.17) is 4.74 Å². The van der Waals surface area contributed by atoms with E-state index in [-0.39, 0.29) is 11.3 Å². The van der Waals surface area contributed by atoms with Crippen molar-refractivity contribution in [2.75, 3.05) is 6.61 Å². The first-order valence-electron chi connectivity index (χ1n) is 8.75. The molecule has 0 atom stereocenters. The third kappa shape index (κ3) is 3.60. The second-order valence-electron chi connectivity index (χ2n) is 6.66. The number of allylic oxidation sites excluding steroid dienone is 1. The lowest BCUT2D eigenvalue weighted by Crippen LogP contribution is -2.12. The normalized spacial score (nSPS) is 14.8. The van der Waals surface area contributed by atoms with Crippen LogP contribution in [0.5, 0.6) is 11.5 Å². The molecule has 1 aliphatic rings. The van der Waals surface area contributed by atoms with Gasteiger partial charge in [-0.15, -0.1) is 0 Å². The zero-order chi connectivity index (χ0) is 17.8. The second-order valence-corrected chi connectivity index (χ2v) is 6.66. The van der Waals surface area contributed by atoms with Crippen molar-refractivity contribution in [1.29, 1.82) is 0 Å². The number of aromatic hydroxyl groups is 1. The number of hydrogen-bond donors (Lipinski definition) is 1. The molecule has 0 amide bonds. The molecule has 3 rings (SSSR count). The van der Waals surface area contributed by atoms with Gasteiger partial charge in [-0.3, -0.25) is 4.79 Å². The monoisotopic (exact) mass is 340 g/mol. The maximum atomic E-state index is 11.2. The smallest absolute Gasteiger partial charge is 0.157 e. The summed E-state index contributed by atoms with van der Waals surface area (Å²) >= 11 is 0. The summed E-state index contributed by atoms with van der Waals surface area (Å²) in [7, 11) is 0. The Morgan fingerprint density at radius 2 is 2.12 bits per heavy atom. The number of benzene rings is 1. The molecule has 0 saturated heterocycles. The minimum absolute atomic E-state index is 0.0526. The summed E-state index contributed by atoms with van der Waals surface area (Å²) in [6, 6.07) is 5.23. The van der Waals surface area contributed by atoms with Gasteiger partial charge in [0.2, 0.25) is 0 Å². The van der Waals surface area contributed by atoms with Crippen LogP contribution in [0.15, 0.2) is 36.3 Å². The van der Waals surface area contributed by atoms with Crippen LogP contribution in [0, 0.1) is 0 Å². The molecule has 5 nitrogen and oxygen atoms in total. The number of hydrogen-bond acceptors (Lipinski definition) is 4. The second kappa shape index (κ2) is 7.55. The number of aldehydes is 1. The van der Waals surface area contributed by atoms with Gasteiger partial charge in [-0.1, -0.05) is 6.07 Å². The Bertz CT molecular complexity index is 790. The fraction of sp³-hybridized carbons (Fsp3) is 0.400. The number of ether oxygens (including phenoxy) is 1. The van der Waals surface area contributed by atoms with Crippen molar-refractivity contribution in [2.24, 2.45) is 0 Å². The summed E-state index contributed by atoms with van der Waals surface area (Å²) in [5.74, 6) is 0.369. The quantitative estimate of drug-likeness (QED) is 0.792. The summed E-state index contributed by atoms with van der Waals surface area (Å²) in [5, 5.41) is 9.79. The van der Waals surface area contributed by atoms with Gasteiger partial charge in [0.05, 0.1) is 23.8 Å². The number of imidazole rings is 1. The fourth-order valence-corrected chi connectivity index (χ4v) is 3.33. The summed E-state index contributed by atoms with van der Waals surface area (Å²) in [6.07, 6.45) is 8.72. The first-order chi connectivity index (χ1) is 12.1. The van der Waals surface area contributed by atoms with E-state index in [1.54, 1.807) is 12.1 Å². The Morgan fingerprint density at radius 1 is 1.32 bits per heavy atom. The van der Waals surface area contributed by atoms with Gasteiger partial charge in [0.25, 0.3) is 0 Å². The highest BCUT2D eigenvalue weighted by molar-refractivity contribution is 5.83. The molecule has 25 heavy (non-hydrogen) atoms. The Labute approximate surface area is 148 Å². The van der Waals surface area contributed by atoms with E-state index in [1.807, 2.05) is 12.5 Å². The molecule has 1 aromatic heterocycles. The first-order valence-corrected chi connectivity index (χ1v) is 8.75. The number of aromatic nitrogens is 2. The summed E-state index contributed by atoms with van der Waals surface area (Å²) < 4.78 is 8.08. The average molecular weight is 340 g/mol. The van der Waals surface area contributed by atoms with E-state index in [9.17, 15) is 9.90 Å². The van der Waals surface area contributed by atoms with Crippen molar-refractivity contribution in [3.8, 4) is 11.5 Å². The summed E-state index contributed by atoms with van der Waals surface area (Å²) in [6.45, 7) is 4.71. The molecule has 0 spiro atoms. The van der Waals surface area contributed by atoms with Gasteiger partial charge in [0, 0.05) is 6.04 Å². The SMILES string of the molecule is CC(C)n1cncc1C1=C(COc2cccc(O)c2C=O)CCCC1. The highest BCUT2D eigenvalue weighted by atomic mass is 16.5. The van der Waals surface area contributed by atoms with Gasteiger partial charge >= 0.3 is 0 Å². The van der Waals surface area contributed by atoms with Gasteiger partial charge in [-0.25, -0.2) is 4.98 Å². The van der Waals surface area contributed by atoms with E-state index in [0.29, 0.717) is 24.7 Å². The maximum absolute atomic E-state index is 11.2. The zero-order valence-corrected chi connectivity index (χ0v) is 14.7. The first kappa shape index (κ1) is 17.3. The molecule has 0 radical (unpaired) electrons. The number of phenolic OH excluding ortho intramolecular Hbond substituents is 1. The summed E-state index contributed by atoms with van der Waals surface area (Å²) in [5.41, 5.74) is 3.89. The molecule has 1 N–H and O–H groups in total. The Kier molecular flexibility index (Phi) is 5.22. The molecular weight excluding hydrogens is 316 g/mol. The number of carbonyl (C=O) groups is 1. The van der Waals surface area contributed by atoms with Gasteiger partial charge < -0.3 is 14.4 Å². The average Bonchev–Trinajstić information content (AvgIpc) is 3.10. The molecule has 1 aromatic carbocycles. The molecule has 2 aromatic rings. The van der Waals surface area contributed by atoms with E-state index in [0.717, 1.165) is 31.4 Å². The molecule has 1 heterocycles. The number of nitrogens with zero attached hydrogens (tertiary/aromatic N) is 2. The van der Waals surface area contributed by atoms with Crippen LogP contribution in [-0.4, -0.2) is 27.6 Å². The van der Waals surface area contributed by atoms with Gasteiger partial charge in [-0.2, -0.15) is 0 Å². The third-order valence-corrected chi connectivity index (χ3v) is 4.68. The van der Waals surface area contributed by atoms with Crippen molar-refractivity contribution < 1.29 is 14.6 Å². The number of rotatable bonds is 6. The van der Waals surface area contributed by atoms with E-state index >= 15 is 0 Å². The minimum Gasteiger partial charge on any atom is -0.507 e. The van der Waals surface area contributed by atoms with Crippen LogP contribution in [0.2, 0.25) is 0 Å². The Balaban J connectivity index is 1.89. The van der Waals surface area contributed by atoms with Gasteiger partial charge in [0.15, 0.2) is 6.29 Å². The number of carbonyl (C=O) groups excluding carboxylic acids is 1. The Morgan fingerprint density at radius 3 is 2.88 bits per heavy atom. The molecule has 0 saturated carbocycles. The number of phenols is 1. The lowest BCUT2D eigenvalue weighted by Gasteiger charge is -2.23. The lowest BCUT2D eigenvalue weighted by molar-refractivity contribution is 0.111. The van der Waals surface area contributed by atoms with Gasteiger partial charge in [-0.05, 0) is 62.8 Å². The van der Waals surface area contributed by atoms with E-state index in [2.05, 4.69) is 23.4 Å². The third-order valence-electron chi connectivity index (χ3n) is 4.68. The molecule has 5 heteroatoms. The molecule has 1 aliphatic carbocycles. The molecule has 0 unspecified atom stereocenters. The van der Waals surface area contributed by atoms with Crippen molar-refractivity contribution in [3.63, 3.8) is 0 Å². The van der Waals surface area contributed by atoms with Crippen molar-refractivity contribution >= 4 is 11.9 Å². The standard InChI is InChI=1S/C20H24N2O3/c1-14(2)22-13-21-10-18(22)16-7-4-3-6-15(16)12-25-20-9-5-8-19(24)17(20)11-23/h5,8-11,13-14,24H,3-4,6-7,12H2,1-2H3. The zero-order valence-electron chi connectivity index (χ0n) is 14.7. The minimum atomic E-state index is -0.0526. The predicted molar refractivity (Wildman–Crippen MR) is 97.0 cm³/mol. The van der Waals surface area contributed by atoms with Crippen LogP contribution < -0.4 is 4.74 Å². The van der Waals surface area contributed by atoms with Crippen LogP contribution in [0.25, 0.3) is 5.57 Å². The molecule has 0 aliphatic heterocycles. The van der Waals surface area contributed by atoms with Crippen LogP contribution >= 0.6 is 0 Å². The predicted octanol–water partition coefficient (Wildman–Crippen LogP) is 4.39. The molecule has 0 fully saturated rings. The van der Waals surface area contributed by atoms with Crippen LogP contribution in [0.4, 0.5) is 0 Å². The van der Waals surface area contributed by atoms with Crippen molar-refractivity contribution in [2.45, 2.75) is 45.6 Å². The molecule has 0 bridgehead atoms. The van der Waals surface area contributed by atoms with Crippen molar-refractivity contribution in [3.05, 3.63) is 47.6 Å². The maximum Gasteiger partial charge on any atom is 0.157 e.